The molecule has 0 radical (unpaired) electrons. The van der Waals surface area contributed by atoms with Crippen LogP contribution in [-0.4, -0.2) is 13.6 Å². The fourth-order valence-electron chi connectivity index (χ4n) is 1.26. The van der Waals surface area contributed by atoms with Crippen molar-refractivity contribution in [1.29, 1.82) is 0 Å². The smallest absolute Gasteiger partial charge is 0.241 e. The van der Waals surface area contributed by atoms with Crippen LogP contribution in [0.1, 0.15) is 5.76 Å². The summed E-state index contributed by atoms with van der Waals surface area (Å²) in [6.07, 6.45) is 1.45. The van der Waals surface area contributed by atoms with Crippen molar-refractivity contribution >= 4 is 31.6 Å². The van der Waals surface area contributed by atoms with E-state index in [2.05, 4.69) is 25.8 Å². The van der Waals surface area contributed by atoms with Gasteiger partial charge in [-0.1, -0.05) is 5.16 Å². The zero-order valence-corrected chi connectivity index (χ0v) is 11.5. The Morgan fingerprint density at radius 1 is 1.39 bits per heavy atom. The van der Waals surface area contributed by atoms with Gasteiger partial charge in [0, 0.05) is 16.2 Å². The first-order chi connectivity index (χ1) is 8.49. The fourth-order valence-corrected chi connectivity index (χ4v) is 2.81. The van der Waals surface area contributed by atoms with Crippen molar-refractivity contribution in [3.63, 3.8) is 0 Å². The van der Waals surface area contributed by atoms with Crippen molar-refractivity contribution in [3.8, 4) is 0 Å². The lowest BCUT2D eigenvalue weighted by atomic mass is 10.3. The lowest BCUT2D eigenvalue weighted by Gasteiger charge is -2.06. The largest absolute Gasteiger partial charge is 0.398 e. The topological polar surface area (TPSA) is 98.2 Å². The summed E-state index contributed by atoms with van der Waals surface area (Å²) in [7, 11) is -3.60. The number of benzene rings is 1. The van der Waals surface area contributed by atoms with Gasteiger partial charge in [0.15, 0.2) is 5.76 Å². The average molecular weight is 332 g/mol. The first kappa shape index (κ1) is 13.1. The van der Waals surface area contributed by atoms with Crippen LogP contribution in [-0.2, 0) is 16.6 Å². The number of hydrogen-bond acceptors (Lipinski definition) is 5. The molecule has 0 fully saturated rings. The Kier molecular flexibility index (Phi) is 3.69. The van der Waals surface area contributed by atoms with E-state index in [1.807, 2.05) is 0 Å². The standard InChI is InChI=1S/C10H10BrN3O3S/c11-9-5-8(1-2-10(9)12)18(15,16)14-6-7-3-4-13-17-7/h1-5,14H,6,12H2. The molecule has 18 heavy (non-hydrogen) atoms. The normalized spacial score (nSPS) is 11.6. The summed E-state index contributed by atoms with van der Waals surface area (Å²) in [4.78, 5) is 0.128. The van der Waals surface area contributed by atoms with Crippen LogP contribution in [0.5, 0.6) is 0 Å². The molecule has 0 aliphatic rings. The zero-order valence-electron chi connectivity index (χ0n) is 9.13. The minimum absolute atomic E-state index is 0.0460. The number of nitrogens with zero attached hydrogens (tertiary/aromatic N) is 1. The molecule has 2 rings (SSSR count). The highest BCUT2D eigenvalue weighted by Gasteiger charge is 2.15. The van der Waals surface area contributed by atoms with Gasteiger partial charge >= 0.3 is 0 Å². The second-order valence-electron chi connectivity index (χ2n) is 3.49. The van der Waals surface area contributed by atoms with Crippen molar-refractivity contribution in [3.05, 3.63) is 40.7 Å². The second kappa shape index (κ2) is 5.09. The van der Waals surface area contributed by atoms with E-state index < -0.39 is 10.0 Å². The van der Waals surface area contributed by atoms with Gasteiger partial charge in [-0.2, -0.15) is 0 Å². The molecule has 8 heteroatoms. The van der Waals surface area contributed by atoms with Crippen LogP contribution in [0.15, 0.2) is 44.4 Å². The molecule has 96 valence electrons. The van der Waals surface area contributed by atoms with Crippen LogP contribution in [0.2, 0.25) is 0 Å². The molecule has 0 bridgehead atoms. The monoisotopic (exact) mass is 331 g/mol. The number of rotatable bonds is 4. The minimum Gasteiger partial charge on any atom is -0.398 e. The van der Waals surface area contributed by atoms with Crippen molar-refractivity contribution < 1.29 is 12.9 Å². The molecular weight excluding hydrogens is 322 g/mol. The van der Waals surface area contributed by atoms with Gasteiger partial charge in [-0.3, -0.25) is 0 Å². The summed E-state index contributed by atoms with van der Waals surface area (Å²) in [6, 6.07) is 5.98. The molecule has 0 spiro atoms. The van der Waals surface area contributed by atoms with Gasteiger partial charge < -0.3 is 10.3 Å². The quantitative estimate of drug-likeness (QED) is 0.827. The summed E-state index contributed by atoms with van der Waals surface area (Å²) < 4.78 is 31.6. The summed E-state index contributed by atoms with van der Waals surface area (Å²) in [5.41, 5.74) is 6.07. The Bertz CT molecular complexity index is 640. The van der Waals surface area contributed by atoms with Crippen LogP contribution in [0.4, 0.5) is 5.69 Å². The van der Waals surface area contributed by atoms with Gasteiger partial charge in [0.25, 0.3) is 0 Å². The second-order valence-corrected chi connectivity index (χ2v) is 6.11. The number of nitrogen functional groups attached to an aromatic ring is 1. The molecule has 0 aliphatic heterocycles. The highest BCUT2D eigenvalue weighted by Crippen LogP contribution is 2.22. The van der Waals surface area contributed by atoms with E-state index in [1.165, 1.54) is 24.4 Å². The number of anilines is 1. The molecule has 0 aliphatic carbocycles. The van der Waals surface area contributed by atoms with Crippen molar-refractivity contribution in [2.24, 2.45) is 0 Å². The summed E-state index contributed by atoms with van der Waals surface area (Å²) in [5.74, 6) is 0.438. The molecule has 0 atom stereocenters. The molecule has 1 heterocycles. The van der Waals surface area contributed by atoms with Gasteiger partial charge in [0.1, 0.15) is 0 Å². The number of nitrogens with two attached hydrogens (primary N) is 1. The molecule has 1 aromatic carbocycles. The third kappa shape index (κ3) is 2.89. The van der Waals surface area contributed by atoms with Gasteiger partial charge in [0.2, 0.25) is 10.0 Å². The molecule has 2 aromatic rings. The zero-order chi connectivity index (χ0) is 13.2. The van der Waals surface area contributed by atoms with E-state index in [9.17, 15) is 8.42 Å². The molecule has 0 amide bonds. The Morgan fingerprint density at radius 2 is 2.17 bits per heavy atom. The number of halogens is 1. The number of hydrogen-bond donors (Lipinski definition) is 2. The molecule has 0 unspecified atom stereocenters. The van der Waals surface area contributed by atoms with Gasteiger partial charge in [-0.25, -0.2) is 13.1 Å². The predicted octanol–water partition coefficient (Wildman–Crippen LogP) is 1.50. The first-order valence-corrected chi connectivity index (χ1v) is 7.21. The maximum Gasteiger partial charge on any atom is 0.241 e. The highest BCUT2D eigenvalue weighted by molar-refractivity contribution is 9.10. The third-order valence-electron chi connectivity index (χ3n) is 2.21. The van der Waals surface area contributed by atoms with E-state index in [1.54, 1.807) is 6.07 Å². The Balaban J connectivity index is 2.17. The first-order valence-electron chi connectivity index (χ1n) is 4.93. The molecule has 0 saturated carbocycles. The minimum atomic E-state index is -3.60. The summed E-state index contributed by atoms with van der Waals surface area (Å²) in [6.45, 7) is 0.0460. The van der Waals surface area contributed by atoms with Gasteiger partial charge in [-0.15, -0.1) is 0 Å². The van der Waals surface area contributed by atoms with Crippen molar-refractivity contribution in [1.82, 2.24) is 9.88 Å². The van der Waals surface area contributed by atoms with Crippen molar-refractivity contribution in [2.75, 3.05) is 5.73 Å². The van der Waals surface area contributed by atoms with Crippen LogP contribution < -0.4 is 10.5 Å². The third-order valence-corrected chi connectivity index (χ3v) is 4.30. The van der Waals surface area contributed by atoms with Gasteiger partial charge in [-0.05, 0) is 34.1 Å². The molecule has 3 N–H and O–H groups in total. The van der Waals surface area contributed by atoms with E-state index >= 15 is 0 Å². The van der Waals surface area contributed by atoms with E-state index in [4.69, 9.17) is 10.3 Å². The lowest BCUT2D eigenvalue weighted by Crippen LogP contribution is -2.23. The average Bonchev–Trinajstić information content (AvgIpc) is 2.83. The highest BCUT2D eigenvalue weighted by atomic mass is 79.9. The number of sulfonamides is 1. The van der Waals surface area contributed by atoms with E-state index in [0.29, 0.717) is 15.9 Å². The van der Waals surface area contributed by atoms with E-state index in [0.717, 1.165) is 0 Å². The Labute approximate surface area is 112 Å². The lowest BCUT2D eigenvalue weighted by molar-refractivity contribution is 0.380. The van der Waals surface area contributed by atoms with Crippen LogP contribution in [0.25, 0.3) is 0 Å². The SMILES string of the molecule is Nc1ccc(S(=O)(=O)NCc2ccno2)cc1Br. The van der Waals surface area contributed by atoms with E-state index in [-0.39, 0.29) is 11.4 Å². The molecule has 1 aromatic heterocycles. The number of nitrogens with one attached hydrogen (secondary N) is 1. The fraction of sp³-hybridized carbons (Fsp3) is 0.100. The maximum absolute atomic E-state index is 12.0. The Morgan fingerprint density at radius 3 is 2.78 bits per heavy atom. The van der Waals surface area contributed by atoms with Crippen LogP contribution in [0.3, 0.4) is 0 Å². The van der Waals surface area contributed by atoms with Crippen LogP contribution >= 0.6 is 15.9 Å². The van der Waals surface area contributed by atoms with Gasteiger partial charge in [0.05, 0.1) is 17.6 Å². The van der Waals surface area contributed by atoms with Crippen molar-refractivity contribution in [2.45, 2.75) is 11.4 Å². The maximum atomic E-state index is 12.0. The summed E-state index contributed by atoms with van der Waals surface area (Å²) in [5, 5.41) is 3.49. The molecular formula is C10H10BrN3O3S. The molecule has 6 nitrogen and oxygen atoms in total. The summed E-state index contributed by atoms with van der Waals surface area (Å²) >= 11 is 3.18. The Hall–Kier alpha value is -1.38. The predicted molar refractivity (Wildman–Crippen MR) is 69.1 cm³/mol. The number of aromatic nitrogens is 1. The van der Waals surface area contributed by atoms with Crippen LogP contribution in [0, 0.1) is 0 Å². The molecule has 0 saturated heterocycles.